The lowest BCUT2D eigenvalue weighted by molar-refractivity contribution is -0.116. The predicted molar refractivity (Wildman–Crippen MR) is 127 cm³/mol. The molecule has 0 aliphatic carbocycles. The Morgan fingerprint density at radius 3 is 2.71 bits per heavy atom. The number of ether oxygens (including phenoxy) is 1. The molecule has 0 saturated heterocycles. The van der Waals surface area contributed by atoms with Crippen LogP contribution in [0.15, 0.2) is 60.7 Å². The van der Waals surface area contributed by atoms with Gasteiger partial charge < -0.3 is 14.6 Å². The van der Waals surface area contributed by atoms with Crippen molar-refractivity contribution in [3.8, 4) is 5.75 Å². The summed E-state index contributed by atoms with van der Waals surface area (Å²) in [5, 5.41) is 3.61. The summed E-state index contributed by atoms with van der Waals surface area (Å²) >= 11 is 5.92. The Morgan fingerprint density at radius 2 is 1.90 bits per heavy atom. The third-order valence-electron chi connectivity index (χ3n) is 5.04. The number of fused-ring (bicyclic) bond motifs is 1. The first-order valence-corrected chi connectivity index (χ1v) is 11.3. The SMILES string of the molecule is C/C=C/C(=O)NCCCCCc1nc2ccccc2n1CCCOc1ccc(Cl)cc1. The number of hydrogen-bond donors (Lipinski definition) is 1. The number of nitrogens with zero attached hydrogens (tertiary/aromatic N) is 2. The van der Waals surface area contributed by atoms with Gasteiger partial charge in [0.1, 0.15) is 11.6 Å². The van der Waals surface area contributed by atoms with E-state index >= 15 is 0 Å². The van der Waals surface area contributed by atoms with Crippen molar-refractivity contribution in [1.29, 1.82) is 0 Å². The highest BCUT2D eigenvalue weighted by Crippen LogP contribution is 2.19. The Kier molecular flexibility index (Phi) is 8.98. The molecule has 31 heavy (non-hydrogen) atoms. The number of imidazole rings is 1. The molecule has 0 aliphatic rings. The topological polar surface area (TPSA) is 56.2 Å². The summed E-state index contributed by atoms with van der Waals surface area (Å²) in [5.41, 5.74) is 2.21. The number of rotatable bonds is 12. The highest BCUT2D eigenvalue weighted by molar-refractivity contribution is 6.30. The van der Waals surface area contributed by atoms with Crippen molar-refractivity contribution in [3.05, 3.63) is 71.5 Å². The van der Waals surface area contributed by atoms with Gasteiger partial charge in [0.15, 0.2) is 0 Å². The van der Waals surface area contributed by atoms with Crippen molar-refractivity contribution >= 4 is 28.5 Å². The average Bonchev–Trinajstić information content (AvgIpc) is 3.12. The zero-order chi connectivity index (χ0) is 21.9. The largest absolute Gasteiger partial charge is 0.494 e. The monoisotopic (exact) mass is 439 g/mol. The molecule has 164 valence electrons. The molecular weight excluding hydrogens is 410 g/mol. The molecule has 1 amide bonds. The molecule has 0 bridgehead atoms. The number of unbranched alkanes of at least 4 members (excludes halogenated alkanes) is 2. The summed E-state index contributed by atoms with van der Waals surface area (Å²) in [6.45, 7) is 4.05. The molecule has 0 radical (unpaired) electrons. The van der Waals surface area contributed by atoms with Gasteiger partial charge in [-0.15, -0.1) is 0 Å². The summed E-state index contributed by atoms with van der Waals surface area (Å²) in [6.07, 6.45) is 8.20. The first-order valence-electron chi connectivity index (χ1n) is 10.9. The standard InChI is InChI=1S/C25H30ClN3O2/c1-2-9-25(30)27-17-7-3-4-12-24-28-22-10-5-6-11-23(22)29(24)18-8-19-31-21-15-13-20(26)14-16-21/h2,5-6,9-11,13-16H,3-4,7-8,12,17-19H2,1H3,(H,27,30)/b9-2+. The van der Waals surface area contributed by atoms with E-state index in [1.807, 2.05) is 37.3 Å². The van der Waals surface area contributed by atoms with Crippen LogP contribution in [0.25, 0.3) is 11.0 Å². The first-order chi connectivity index (χ1) is 15.2. The van der Waals surface area contributed by atoms with Crippen LogP contribution in [0.5, 0.6) is 5.75 Å². The molecule has 0 unspecified atom stereocenters. The van der Waals surface area contributed by atoms with E-state index in [-0.39, 0.29) is 5.91 Å². The number of allylic oxidation sites excluding steroid dienone is 1. The summed E-state index contributed by atoms with van der Waals surface area (Å²) in [4.78, 5) is 16.3. The van der Waals surface area contributed by atoms with E-state index in [2.05, 4.69) is 28.1 Å². The molecule has 0 saturated carbocycles. The molecule has 1 N–H and O–H groups in total. The van der Waals surface area contributed by atoms with Crippen molar-refractivity contribution in [3.63, 3.8) is 0 Å². The maximum absolute atomic E-state index is 11.4. The predicted octanol–water partition coefficient (Wildman–Crippen LogP) is 5.56. The maximum Gasteiger partial charge on any atom is 0.243 e. The minimum absolute atomic E-state index is 0.0230. The number of carbonyl (C=O) groups is 1. The molecule has 3 rings (SSSR count). The van der Waals surface area contributed by atoms with Gasteiger partial charge in [0, 0.05) is 24.5 Å². The Balaban J connectivity index is 1.49. The van der Waals surface area contributed by atoms with Crippen molar-refractivity contribution in [2.45, 2.75) is 45.6 Å². The third kappa shape index (κ3) is 7.14. The van der Waals surface area contributed by atoms with Crippen molar-refractivity contribution < 1.29 is 9.53 Å². The summed E-state index contributed by atoms with van der Waals surface area (Å²) < 4.78 is 8.16. The molecule has 1 aromatic heterocycles. The lowest BCUT2D eigenvalue weighted by atomic mass is 10.2. The quantitative estimate of drug-likeness (QED) is 0.296. The number of carbonyl (C=O) groups excluding carboxylic acids is 1. The Bertz CT molecular complexity index is 996. The second-order valence-electron chi connectivity index (χ2n) is 7.43. The van der Waals surface area contributed by atoms with Crippen LogP contribution in [0.1, 0.15) is 38.4 Å². The van der Waals surface area contributed by atoms with Crippen LogP contribution >= 0.6 is 11.6 Å². The van der Waals surface area contributed by atoms with E-state index in [9.17, 15) is 4.79 Å². The number of amides is 1. The molecule has 6 heteroatoms. The average molecular weight is 440 g/mol. The van der Waals surface area contributed by atoms with Crippen molar-refractivity contribution in [1.82, 2.24) is 14.9 Å². The molecule has 5 nitrogen and oxygen atoms in total. The first kappa shape index (κ1) is 22.9. The molecule has 0 atom stereocenters. The third-order valence-corrected chi connectivity index (χ3v) is 5.29. The van der Waals surface area contributed by atoms with E-state index in [0.717, 1.165) is 55.7 Å². The van der Waals surface area contributed by atoms with Gasteiger partial charge in [0.2, 0.25) is 5.91 Å². The highest BCUT2D eigenvalue weighted by atomic mass is 35.5. The van der Waals surface area contributed by atoms with Gasteiger partial charge in [-0.1, -0.05) is 36.2 Å². The number of benzene rings is 2. The van der Waals surface area contributed by atoms with E-state index in [4.69, 9.17) is 21.3 Å². The second kappa shape index (κ2) is 12.2. The molecule has 0 aliphatic heterocycles. The number of aryl methyl sites for hydroxylation is 2. The van der Waals surface area contributed by atoms with Crippen LogP contribution in [0.4, 0.5) is 0 Å². The van der Waals surface area contributed by atoms with Crippen LogP contribution in [0.3, 0.4) is 0 Å². The van der Waals surface area contributed by atoms with Crippen LogP contribution in [0, 0.1) is 0 Å². The number of aromatic nitrogens is 2. The van der Waals surface area contributed by atoms with Crippen LogP contribution < -0.4 is 10.1 Å². The normalized spacial score (nSPS) is 11.3. The lowest BCUT2D eigenvalue weighted by Crippen LogP contribution is -2.21. The Hall–Kier alpha value is -2.79. The van der Waals surface area contributed by atoms with Crippen LogP contribution in [-0.2, 0) is 17.8 Å². The number of para-hydroxylation sites is 2. The summed E-state index contributed by atoms with van der Waals surface area (Å²) in [5.74, 6) is 1.93. The molecule has 3 aromatic rings. The molecule has 0 fully saturated rings. The van der Waals surface area contributed by atoms with Gasteiger partial charge in [-0.2, -0.15) is 0 Å². The van der Waals surface area contributed by atoms with Gasteiger partial charge in [-0.25, -0.2) is 4.98 Å². The second-order valence-corrected chi connectivity index (χ2v) is 7.86. The fraction of sp³-hybridized carbons (Fsp3) is 0.360. The van der Waals surface area contributed by atoms with E-state index in [0.29, 0.717) is 18.2 Å². The molecular formula is C25H30ClN3O2. The Morgan fingerprint density at radius 1 is 1.10 bits per heavy atom. The van der Waals surface area contributed by atoms with Gasteiger partial charge >= 0.3 is 0 Å². The fourth-order valence-corrected chi connectivity index (χ4v) is 3.64. The maximum atomic E-state index is 11.4. The fourth-order valence-electron chi connectivity index (χ4n) is 3.52. The van der Waals surface area contributed by atoms with Crippen LogP contribution in [-0.4, -0.2) is 28.6 Å². The number of hydrogen-bond acceptors (Lipinski definition) is 3. The summed E-state index contributed by atoms with van der Waals surface area (Å²) in [6, 6.07) is 15.7. The van der Waals surface area contributed by atoms with Gasteiger partial charge in [-0.05, 0) is 68.7 Å². The summed E-state index contributed by atoms with van der Waals surface area (Å²) in [7, 11) is 0. The molecule has 2 aromatic carbocycles. The van der Waals surface area contributed by atoms with E-state index < -0.39 is 0 Å². The van der Waals surface area contributed by atoms with Gasteiger partial charge in [0.05, 0.1) is 17.6 Å². The molecule has 1 heterocycles. The zero-order valence-corrected chi connectivity index (χ0v) is 18.8. The smallest absolute Gasteiger partial charge is 0.243 e. The van der Waals surface area contributed by atoms with Crippen molar-refractivity contribution in [2.75, 3.05) is 13.2 Å². The van der Waals surface area contributed by atoms with E-state index in [1.165, 1.54) is 5.52 Å². The number of halogens is 1. The minimum Gasteiger partial charge on any atom is -0.494 e. The highest BCUT2D eigenvalue weighted by Gasteiger charge is 2.10. The Labute approximate surface area is 189 Å². The molecule has 0 spiro atoms. The van der Waals surface area contributed by atoms with Gasteiger partial charge in [0.25, 0.3) is 0 Å². The zero-order valence-electron chi connectivity index (χ0n) is 18.0. The number of nitrogens with one attached hydrogen (secondary N) is 1. The van der Waals surface area contributed by atoms with E-state index in [1.54, 1.807) is 12.2 Å². The van der Waals surface area contributed by atoms with Crippen LogP contribution in [0.2, 0.25) is 5.02 Å². The minimum atomic E-state index is -0.0230. The lowest BCUT2D eigenvalue weighted by Gasteiger charge is -2.11. The van der Waals surface area contributed by atoms with Crippen molar-refractivity contribution in [2.24, 2.45) is 0 Å². The van der Waals surface area contributed by atoms with Gasteiger partial charge in [-0.3, -0.25) is 4.79 Å².